The minimum Gasteiger partial charge on any atom is -0.372 e. The van der Waals surface area contributed by atoms with Crippen LogP contribution in [-0.2, 0) is 4.74 Å². The topological polar surface area (TPSA) is 39.9 Å². The van der Waals surface area contributed by atoms with Crippen molar-refractivity contribution in [2.24, 2.45) is 5.92 Å². The highest BCUT2D eigenvalue weighted by molar-refractivity contribution is 5.31. The molecule has 4 nitrogen and oxygen atoms in total. The molecule has 0 spiro atoms. The van der Waals surface area contributed by atoms with Gasteiger partial charge in [-0.15, -0.1) is 0 Å². The highest BCUT2D eigenvalue weighted by atomic mass is 16.5. The van der Waals surface area contributed by atoms with E-state index in [1.54, 1.807) is 12.4 Å². The molecule has 0 amide bonds. The summed E-state index contributed by atoms with van der Waals surface area (Å²) < 4.78 is 7.92. The van der Waals surface area contributed by atoms with E-state index >= 15 is 0 Å². The summed E-state index contributed by atoms with van der Waals surface area (Å²) in [6.07, 6.45) is 9.97. The molecule has 0 N–H and O–H groups in total. The summed E-state index contributed by atoms with van der Waals surface area (Å²) in [5.41, 5.74) is 2.13. The van der Waals surface area contributed by atoms with Gasteiger partial charge in [0.1, 0.15) is 0 Å². The number of hydrogen-bond donors (Lipinski definition) is 0. The summed E-state index contributed by atoms with van der Waals surface area (Å²) in [6.45, 7) is 3.01. The van der Waals surface area contributed by atoms with Gasteiger partial charge in [0.05, 0.1) is 24.1 Å². The molecule has 0 bridgehead atoms. The monoisotopic (exact) mass is 256 g/mol. The Labute approximate surface area is 113 Å². The van der Waals surface area contributed by atoms with Crippen LogP contribution < -0.4 is 0 Å². The van der Waals surface area contributed by atoms with Gasteiger partial charge in [-0.1, -0.05) is 13.3 Å². The summed E-state index contributed by atoms with van der Waals surface area (Å²) in [7, 11) is 0. The predicted octanol–water partition coefficient (Wildman–Crippen LogP) is 2.96. The highest BCUT2D eigenvalue weighted by Crippen LogP contribution is 2.31. The molecule has 0 saturated carbocycles. The van der Waals surface area contributed by atoms with Gasteiger partial charge < -0.3 is 4.74 Å². The lowest BCUT2D eigenvalue weighted by molar-refractivity contribution is 0.00173. The predicted molar refractivity (Wildman–Crippen MR) is 72.8 cm³/mol. The van der Waals surface area contributed by atoms with Gasteiger partial charge in [0.25, 0.3) is 0 Å². The Hall–Kier alpha value is -1.68. The van der Waals surface area contributed by atoms with Crippen molar-refractivity contribution >= 4 is 0 Å². The first kappa shape index (κ1) is 12.4. The van der Waals surface area contributed by atoms with Crippen molar-refractivity contribution in [2.75, 3.05) is 6.61 Å². The average molecular weight is 256 g/mol. The second-order valence-corrected chi connectivity index (χ2v) is 4.83. The minimum absolute atomic E-state index is 0.110. The van der Waals surface area contributed by atoms with Gasteiger partial charge in [0.15, 0.2) is 0 Å². The molecule has 3 rings (SSSR count). The van der Waals surface area contributed by atoms with Gasteiger partial charge in [-0.2, -0.15) is 5.10 Å². The molecule has 2 atom stereocenters. The van der Waals surface area contributed by atoms with Crippen molar-refractivity contribution in [3.05, 3.63) is 48.9 Å². The molecule has 1 saturated heterocycles. The molecule has 0 aliphatic carbocycles. The van der Waals surface area contributed by atoms with Crippen molar-refractivity contribution in [2.45, 2.75) is 25.9 Å². The quantitative estimate of drug-likeness (QED) is 0.847. The second kappa shape index (κ2) is 5.53. The third-order valence-electron chi connectivity index (χ3n) is 3.63. The lowest BCUT2D eigenvalue weighted by atomic mass is 9.95. The number of hydrogen-bond acceptors (Lipinski definition) is 3. The number of rotatable bonds is 3. The van der Waals surface area contributed by atoms with Crippen molar-refractivity contribution in [1.82, 2.24) is 14.8 Å². The van der Waals surface area contributed by atoms with E-state index in [0.29, 0.717) is 5.92 Å². The Morgan fingerprint density at radius 2 is 2.11 bits per heavy atom. The highest BCUT2D eigenvalue weighted by Gasteiger charge is 2.24. The fourth-order valence-electron chi connectivity index (χ4n) is 2.44. The first-order chi connectivity index (χ1) is 9.38. The van der Waals surface area contributed by atoms with E-state index in [1.165, 1.54) is 0 Å². The first-order valence-corrected chi connectivity index (χ1v) is 6.77. The minimum atomic E-state index is 0.110. The second-order valence-electron chi connectivity index (χ2n) is 4.83. The molecule has 4 heteroatoms. The molecule has 1 aliphatic rings. The molecule has 19 heavy (non-hydrogen) atoms. The normalized spacial score (nSPS) is 23.4. The molecule has 2 aromatic heterocycles. The summed E-state index contributed by atoms with van der Waals surface area (Å²) in [4.78, 5) is 4.04. The van der Waals surface area contributed by atoms with Crippen LogP contribution in [0.2, 0.25) is 0 Å². The summed E-state index contributed by atoms with van der Waals surface area (Å²) in [5.74, 6) is 0.591. The van der Waals surface area contributed by atoms with E-state index in [9.17, 15) is 0 Å². The van der Waals surface area contributed by atoms with Gasteiger partial charge in [-0.05, 0) is 37.0 Å². The molecule has 2 unspecified atom stereocenters. The van der Waals surface area contributed by atoms with Crippen molar-refractivity contribution in [3.8, 4) is 5.69 Å². The smallest absolute Gasteiger partial charge is 0.0998 e. The zero-order chi connectivity index (χ0) is 13.1. The van der Waals surface area contributed by atoms with E-state index < -0.39 is 0 Å². The molecule has 99 valence electrons. The van der Waals surface area contributed by atoms with Crippen LogP contribution in [0, 0.1) is 12.3 Å². The number of pyridine rings is 1. The van der Waals surface area contributed by atoms with Crippen LogP contribution in [0.15, 0.2) is 36.8 Å². The maximum absolute atomic E-state index is 5.98. The van der Waals surface area contributed by atoms with Crippen LogP contribution in [0.3, 0.4) is 0 Å². The van der Waals surface area contributed by atoms with E-state index in [2.05, 4.69) is 23.4 Å². The van der Waals surface area contributed by atoms with E-state index in [-0.39, 0.29) is 6.10 Å². The Kier molecular flexibility index (Phi) is 3.60. The third-order valence-corrected chi connectivity index (χ3v) is 3.63. The van der Waals surface area contributed by atoms with Gasteiger partial charge >= 0.3 is 0 Å². The maximum Gasteiger partial charge on any atom is 0.0998 e. The SMILES string of the molecule is CCC1[CH]CC(c2ccnn2-c2ccncc2)OC1. The first-order valence-electron chi connectivity index (χ1n) is 6.77. The Morgan fingerprint density at radius 3 is 2.79 bits per heavy atom. The number of aromatic nitrogens is 3. The summed E-state index contributed by atoms with van der Waals surface area (Å²) in [5, 5.41) is 4.40. The Bertz CT molecular complexity index is 515. The number of nitrogens with zero attached hydrogens (tertiary/aromatic N) is 3. The van der Waals surface area contributed by atoms with Crippen LogP contribution in [0.4, 0.5) is 0 Å². The van der Waals surface area contributed by atoms with Crippen molar-refractivity contribution in [3.63, 3.8) is 0 Å². The van der Waals surface area contributed by atoms with E-state index in [4.69, 9.17) is 4.74 Å². The zero-order valence-electron chi connectivity index (χ0n) is 11.1. The zero-order valence-corrected chi connectivity index (χ0v) is 11.1. The molecular formula is C15H18N3O. The Morgan fingerprint density at radius 1 is 1.26 bits per heavy atom. The number of ether oxygens (including phenoxy) is 1. The van der Waals surface area contributed by atoms with Crippen LogP contribution >= 0.6 is 0 Å². The summed E-state index contributed by atoms with van der Waals surface area (Å²) >= 11 is 0. The third kappa shape index (κ3) is 2.54. The van der Waals surface area contributed by atoms with Crippen LogP contribution in [0.5, 0.6) is 0 Å². The molecular weight excluding hydrogens is 238 g/mol. The fourth-order valence-corrected chi connectivity index (χ4v) is 2.44. The molecule has 0 aromatic carbocycles. The van der Waals surface area contributed by atoms with Gasteiger partial charge in [0.2, 0.25) is 0 Å². The Balaban J connectivity index is 1.81. The van der Waals surface area contributed by atoms with Crippen molar-refractivity contribution < 1.29 is 4.74 Å². The standard InChI is InChI=1S/C15H18N3O/c1-2-12-3-4-15(19-11-12)14-7-10-17-18(14)13-5-8-16-9-6-13/h3,5-10,12,15H,2,4,11H2,1H3. The molecule has 1 fully saturated rings. The van der Waals surface area contributed by atoms with Crippen molar-refractivity contribution in [1.29, 1.82) is 0 Å². The van der Waals surface area contributed by atoms with Crippen LogP contribution in [0.25, 0.3) is 5.69 Å². The fraction of sp³-hybridized carbons (Fsp3) is 0.400. The van der Waals surface area contributed by atoms with E-state index in [0.717, 1.165) is 30.8 Å². The summed E-state index contributed by atoms with van der Waals surface area (Å²) in [6, 6.07) is 5.95. The average Bonchev–Trinajstić information content (AvgIpc) is 2.98. The van der Waals surface area contributed by atoms with Gasteiger partial charge in [-0.25, -0.2) is 4.68 Å². The van der Waals surface area contributed by atoms with Crippen LogP contribution in [0.1, 0.15) is 31.6 Å². The lowest BCUT2D eigenvalue weighted by Gasteiger charge is -2.28. The van der Waals surface area contributed by atoms with E-state index in [1.807, 2.05) is 29.1 Å². The molecule has 3 heterocycles. The maximum atomic E-state index is 5.98. The molecule has 1 radical (unpaired) electrons. The molecule has 1 aliphatic heterocycles. The molecule has 2 aromatic rings. The lowest BCUT2D eigenvalue weighted by Crippen LogP contribution is -2.22. The van der Waals surface area contributed by atoms with Crippen LogP contribution in [-0.4, -0.2) is 21.4 Å². The largest absolute Gasteiger partial charge is 0.372 e. The van der Waals surface area contributed by atoms with Gasteiger partial charge in [0, 0.05) is 18.6 Å². The van der Waals surface area contributed by atoms with Gasteiger partial charge in [-0.3, -0.25) is 4.98 Å².